The Hall–Kier alpha value is -1.95. The van der Waals surface area contributed by atoms with Crippen LogP contribution in [0.2, 0.25) is 0 Å². The summed E-state index contributed by atoms with van der Waals surface area (Å²) in [6.07, 6.45) is 2.48. The van der Waals surface area contributed by atoms with Crippen molar-refractivity contribution in [3.05, 3.63) is 29.3 Å². The van der Waals surface area contributed by atoms with Crippen molar-refractivity contribution in [3.63, 3.8) is 0 Å². The maximum Gasteiger partial charge on any atom is 0.328 e. The molecule has 1 aromatic carbocycles. The fraction of sp³-hybridized carbons (Fsp3) is 0.400. The number of esters is 1. The zero-order chi connectivity index (χ0) is 14.7. The number of nitrogens with one attached hydrogen (secondary N) is 1. The van der Waals surface area contributed by atoms with Gasteiger partial charge < -0.3 is 10.1 Å². The van der Waals surface area contributed by atoms with Crippen molar-refractivity contribution in [1.29, 1.82) is 0 Å². The number of benzene rings is 1. The molecule has 1 N–H and O–H groups in total. The molecule has 1 aromatic heterocycles. The summed E-state index contributed by atoms with van der Waals surface area (Å²) in [5.41, 5.74) is 1.01. The molecule has 6 heteroatoms. The third kappa shape index (κ3) is 3.39. The Morgan fingerprint density at radius 1 is 1.43 bits per heavy atom. The maximum absolute atomic E-state index is 11.8. The zero-order valence-corrected chi connectivity index (χ0v) is 12.3. The van der Waals surface area contributed by atoms with Crippen molar-refractivity contribution < 1.29 is 14.3 Å². The largest absolute Gasteiger partial charge is 0.464 e. The minimum absolute atomic E-state index is 0.0973. The van der Waals surface area contributed by atoms with Crippen LogP contribution in [0.25, 0.3) is 10.2 Å². The lowest BCUT2D eigenvalue weighted by molar-refractivity contribution is -0.141. The van der Waals surface area contributed by atoms with Gasteiger partial charge in [0.05, 0.1) is 21.8 Å². The number of amides is 1. The first-order valence-electron chi connectivity index (χ1n) is 7.03. The lowest BCUT2D eigenvalue weighted by Gasteiger charge is -2.08. The van der Waals surface area contributed by atoms with Gasteiger partial charge in [0, 0.05) is 12.8 Å². The van der Waals surface area contributed by atoms with Crippen molar-refractivity contribution >= 4 is 33.4 Å². The van der Waals surface area contributed by atoms with Crippen LogP contribution in [0, 0.1) is 0 Å². The first-order valence-corrected chi connectivity index (χ1v) is 7.84. The quantitative estimate of drug-likeness (QED) is 0.858. The van der Waals surface area contributed by atoms with Crippen molar-refractivity contribution in [1.82, 2.24) is 10.3 Å². The summed E-state index contributed by atoms with van der Waals surface area (Å²) >= 11 is 1.67. The molecule has 5 nitrogen and oxygen atoms in total. The van der Waals surface area contributed by atoms with E-state index in [9.17, 15) is 9.59 Å². The van der Waals surface area contributed by atoms with E-state index >= 15 is 0 Å². The molecule has 0 unspecified atom stereocenters. The molecule has 21 heavy (non-hydrogen) atoms. The zero-order valence-electron chi connectivity index (χ0n) is 11.5. The van der Waals surface area contributed by atoms with E-state index in [1.165, 1.54) is 4.70 Å². The summed E-state index contributed by atoms with van der Waals surface area (Å²) in [5, 5.41) is 3.76. The lowest BCUT2D eigenvalue weighted by Crippen LogP contribution is -2.37. The maximum atomic E-state index is 11.8. The van der Waals surface area contributed by atoms with Gasteiger partial charge in [0.1, 0.15) is 6.04 Å². The van der Waals surface area contributed by atoms with Crippen LogP contribution in [0.15, 0.2) is 24.3 Å². The second-order valence-electron chi connectivity index (χ2n) is 5.01. The van der Waals surface area contributed by atoms with Crippen LogP contribution in [0.4, 0.5) is 0 Å². The number of aryl methyl sites for hydroxylation is 1. The lowest BCUT2D eigenvalue weighted by atomic mass is 10.2. The molecule has 1 saturated heterocycles. The molecule has 1 atom stereocenters. The van der Waals surface area contributed by atoms with Crippen LogP contribution < -0.4 is 5.32 Å². The second kappa shape index (κ2) is 6.22. The Morgan fingerprint density at radius 3 is 3.05 bits per heavy atom. The van der Waals surface area contributed by atoms with Crippen LogP contribution in [-0.4, -0.2) is 29.5 Å². The highest BCUT2D eigenvalue weighted by Crippen LogP contribution is 2.22. The summed E-state index contributed by atoms with van der Waals surface area (Å²) in [6.45, 7) is 0.398. The van der Waals surface area contributed by atoms with Gasteiger partial charge in [0.15, 0.2) is 0 Å². The molecular formula is C15H16N2O3S. The fourth-order valence-electron chi connectivity index (χ4n) is 2.32. The van der Waals surface area contributed by atoms with Gasteiger partial charge in [-0.3, -0.25) is 4.79 Å². The Labute approximate surface area is 126 Å². The molecule has 0 bridgehead atoms. The molecule has 0 saturated carbocycles. The number of carbonyl (C=O) groups excluding carboxylic acids is 2. The van der Waals surface area contributed by atoms with Gasteiger partial charge in [0.2, 0.25) is 5.91 Å². The Balaban J connectivity index is 1.47. The second-order valence-corrected chi connectivity index (χ2v) is 6.12. The molecular weight excluding hydrogens is 288 g/mol. The Bertz CT molecular complexity index is 635. The number of hydrogen-bond acceptors (Lipinski definition) is 5. The summed E-state index contributed by atoms with van der Waals surface area (Å²) in [5.74, 6) is -0.422. The van der Waals surface area contributed by atoms with E-state index in [1.807, 2.05) is 18.2 Å². The number of aromatic nitrogens is 1. The first kappa shape index (κ1) is 14.0. The third-order valence-electron chi connectivity index (χ3n) is 3.40. The van der Waals surface area contributed by atoms with E-state index in [-0.39, 0.29) is 11.9 Å². The normalized spacial score (nSPS) is 17.9. The highest BCUT2D eigenvalue weighted by Gasteiger charge is 2.27. The number of ether oxygens (including phenoxy) is 1. The number of rotatable bonds is 5. The Morgan fingerprint density at radius 2 is 2.29 bits per heavy atom. The average Bonchev–Trinajstić information content (AvgIpc) is 3.05. The van der Waals surface area contributed by atoms with Crippen molar-refractivity contribution in [3.8, 4) is 0 Å². The van der Waals surface area contributed by atoms with Crippen LogP contribution in [0.1, 0.15) is 24.3 Å². The number of carbonyl (C=O) groups is 2. The van der Waals surface area contributed by atoms with Gasteiger partial charge in [-0.25, -0.2) is 9.78 Å². The summed E-state index contributed by atoms with van der Waals surface area (Å²) in [6, 6.07) is 7.56. The average molecular weight is 304 g/mol. The van der Waals surface area contributed by atoms with Gasteiger partial charge in [-0.05, 0) is 25.0 Å². The summed E-state index contributed by atoms with van der Waals surface area (Å²) in [4.78, 5) is 27.6. The smallest absolute Gasteiger partial charge is 0.328 e. The van der Waals surface area contributed by atoms with Crippen LogP contribution in [0.3, 0.4) is 0 Å². The summed E-state index contributed by atoms with van der Waals surface area (Å²) < 4.78 is 5.98. The van der Waals surface area contributed by atoms with Gasteiger partial charge in [-0.1, -0.05) is 12.1 Å². The SMILES string of the molecule is O=C(CCCc1nc2ccccc2s1)N[C@H]1CCOC1=O. The molecule has 2 aromatic rings. The molecule has 3 rings (SSSR count). The van der Waals surface area contributed by atoms with E-state index < -0.39 is 6.04 Å². The fourth-order valence-corrected chi connectivity index (χ4v) is 3.33. The minimum atomic E-state index is -0.458. The topological polar surface area (TPSA) is 68.3 Å². The Kier molecular flexibility index (Phi) is 4.15. The minimum Gasteiger partial charge on any atom is -0.464 e. The molecule has 2 heterocycles. The van der Waals surface area contributed by atoms with Crippen LogP contribution in [-0.2, 0) is 20.7 Å². The van der Waals surface area contributed by atoms with E-state index in [2.05, 4.69) is 16.4 Å². The van der Waals surface area contributed by atoms with E-state index in [1.54, 1.807) is 11.3 Å². The molecule has 0 radical (unpaired) electrons. The van der Waals surface area contributed by atoms with Crippen LogP contribution >= 0.6 is 11.3 Å². The third-order valence-corrected chi connectivity index (χ3v) is 4.50. The van der Waals surface area contributed by atoms with Gasteiger partial charge in [-0.15, -0.1) is 11.3 Å². The number of nitrogens with zero attached hydrogens (tertiary/aromatic N) is 1. The highest BCUT2D eigenvalue weighted by molar-refractivity contribution is 7.18. The van der Waals surface area contributed by atoms with Gasteiger partial charge in [-0.2, -0.15) is 0 Å². The number of hydrogen-bond donors (Lipinski definition) is 1. The van der Waals surface area contributed by atoms with Gasteiger partial charge >= 0.3 is 5.97 Å². The van der Waals surface area contributed by atoms with E-state index in [4.69, 9.17) is 4.74 Å². The summed E-state index contributed by atoms with van der Waals surface area (Å²) in [7, 11) is 0. The van der Waals surface area contributed by atoms with E-state index in [0.717, 1.165) is 23.4 Å². The molecule has 1 fully saturated rings. The molecule has 1 aliphatic rings. The molecule has 0 aliphatic carbocycles. The van der Waals surface area contributed by atoms with Crippen molar-refractivity contribution in [2.75, 3.05) is 6.61 Å². The highest BCUT2D eigenvalue weighted by atomic mass is 32.1. The van der Waals surface area contributed by atoms with E-state index in [0.29, 0.717) is 19.4 Å². The molecule has 1 amide bonds. The number of cyclic esters (lactones) is 1. The molecule has 1 aliphatic heterocycles. The molecule has 110 valence electrons. The monoisotopic (exact) mass is 304 g/mol. The number of para-hydroxylation sites is 1. The number of fused-ring (bicyclic) bond motifs is 1. The van der Waals surface area contributed by atoms with Crippen molar-refractivity contribution in [2.45, 2.75) is 31.7 Å². The van der Waals surface area contributed by atoms with Crippen LogP contribution in [0.5, 0.6) is 0 Å². The first-order chi connectivity index (χ1) is 10.2. The predicted octanol–water partition coefficient (Wildman–Crippen LogP) is 2.05. The number of thiazole rings is 1. The van der Waals surface area contributed by atoms with Crippen molar-refractivity contribution in [2.24, 2.45) is 0 Å². The molecule has 0 spiro atoms. The van der Waals surface area contributed by atoms with Gasteiger partial charge in [0.25, 0.3) is 0 Å². The standard InChI is InChI=1S/C15H16N2O3S/c18-13(16-11-8-9-20-15(11)19)6-3-7-14-17-10-4-1-2-5-12(10)21-14/h1-2,4-5,11H,3,6-9H2,(H,16,18)/t11-/m0/s1. The predicted molar refractivity (Wildman–Crippen MR) is 80.1 cm³/mol.